The Labute approximate surface area is 129 Å². The van der Waals surface area contributed by atoms with Crippen LogP contribution in [0.15, 0.2) is 0 Å². The molecule has 2 rings (SSSR count). The molecule has 2 fully saturated rings. The minimum atomic E-state index is -1.21. The summed E-state index contributed by atoms with van der Waals surface area (Å²) in [5.41, 5.74) is 4.87. The van der Waals surface area contributed by atoms with Gasteiger partial charge in [0, 0.05) is 13.1 Å². The maximum absolute atomic E-state index is 12.7. The number of amides is 3. The van der Waals surface area contributed by atoms with E-state index in [2.05, 4.69) is 5.32 Å². The molecule has 0 unspecified atom stereocenters. The lowest BCUT2D eigenvalue weighted by Gasteiger charge is -2.38. The number of hydrogen-bond donors (Lipinski definition) is 3. The van der Waals surface area contributed by atoms with E-state index in [1.807, 2.05) is 20.8 Å². The highest BCUT2D eigenvalue weighted by Gasteiger charge is 2.49. The Morgan fingerprint density at radius 1 is 1.23 bits per heavy atom. The standard InChI is InChI=1S/C14H24N4O4/c1-14(2,3)11(16-13(21)22)12(20)18-7-8-4-9(18)6-17(8)10(19)5-15/h8-9,11,16H,4-7,15H2,1-3H3,(H,21,22)/t8-,9-,11+/m0/s1. The first-order valence-electron chi connectivity index (χ1n) is 7.44. The van der Waals surface area contributed by atoms with Crippen molar-refractivity contribution in [1.29, 1.82) is 0 Å². The van der Waals surface area contributed by atoms with Crippen molar-refractivity contribution in [2.45, 2.75) is 45.3 Å². The lowest BCUT2D eigenvalue weighted by molar-refractivity contribution is -0.142. The molecule has 4 N–H and O–H groups in total. The monoisotopic (exact) mass is 312 g/mol. The zero-order valence-corrected chi connectivity index (χ0v) is 13.2. The molecular formula is C14H24N4O4. The van der Waals surface area contributed by atoms with Gasteiger partial charge in [-0.25, -0.2) is 4.79 Å². The fourth-order valence-electron chi connectivity index (χ4n) is 3.30. The zero-order chi connectivity index (χ0) is 16.7. The largest absolute Gasteiger partial charge is 0.465 e. The van der Waals surface area contributed by atoms with Gasteiger partial charge in [0.2, 0.25) is 11.8 Å². The fourth-order valence-corrected chi connectivity index (χ4v) is 3.30. The number of carbonyl (C=O) groups is 3. The van der Waals surface area contributed by atoms with Crippen LogP contribution in [0.2, 0.25) is 0 Å². The first kappa shape index (κ1) is 16.5. The number of nitrogens with zero attached hydrogens (tertiary/aromatic N) is 2. The topological polar surface area (TPSA) is 116 Å². The normalized spacial score (nSPS) is 25.3. The first-order valence-corrected chi connectivity index (χ1v) is 7.44. The molecular weight excluding hydrogens is 288 g/mol. The van der Waals surface area contributed by atoms with Gasteiger partial charge in [0.1, 0.15) is 6.04 Å². The molecule has 0 aromatic rings. The summed E-state index contributed by atoms with van der Waals surface area (Å²) in [4.78, 5) is 38.9. The summed E-state index contributed by atoms with van der Waals surface area (Å²) in [5, 5.41) is 11.3. The Morgan fingerprint density at radius 2 is 1.77 bits per heavy atom. The Hall–Kier alpha value is -1.83. The predicted molar refractivity (Wildman–Crippen MR) is 79.1 cm³/mol. The molecule has 0 aromatic heterocycles. The quantitative estimate of drug-likeness (QED) is 0.646. The van der Waals surface area contributed by atoms with Gasteiger partial charge in [-0.3, -0.25) is 9.59 Å². The average Bonchev–Trinajstić information content (AvgIpc) is 3.01. The van der Waals surface area contributed by atoms with E-state index >= 15 is 0 Å². The summed E-state index contributed by atoms with van der Waals surface area (Å²) < 4.78 is 0. The number of likely N-dealkylation sites (tertiary alicyclic amines) is 2. The van der Waals surface area contributed by atoms with Crippen molar-refractivity contribution in [1.82, 2.24) is 15.1 Å². The fraction of sp³-hybridized carbons (Fsp3) is 0.786. The summed E-state index contributed by atoms with van der Waals surface area (Å²) in [6.07, 6.45) is -0.473. The molecule has 3 amide bonds. The van der Waals surface area contributed by atoms with Crippen LogP contribution >= 0.6 is 0 Å². The lowest BCUT2D eigenvalue weighted by atomic mass is 9.85. The van der Waals surface area contributed by atoms with Crippen molar-refractivity contribution in [2.75, 3.05) is 19.6 Å². The van der Waals surface area contributed by atoms with Crippen LogP contribution in [0, 0.1) is 5.41 Å². The Morgan fingerprint density at radius 3 is 2.18 bits per heavy atom. The van der Waals surface area contributed by atoms with E-state index in [-0.39, 0.29) is 30.4 Å². The maximum atomic E-state index is 12.7. The molecule has 0 radical (unpaired) electrons. The Kier molecular flexibility index (Phi) is 4.32. The number of rotatable bonds is 3. The van der Waals surface area contributed by atoms with Crippen molar-refractivity contribution in [2.24, 2.45) is 11.1 Å². The maximum Gasteiger partial charge on any atom is 0.405 e. The van der Waals surface area contributed by atoms with E-state index in [9.17, 15) is 14.4 Å². The number of hydrogen-bond acceptors (Lipinski definition) is 4. The van der Waals surface area contributed by atoms with Gasteiger partial charge < -0.3 is 26.0 Å². The van der Waals surface area contributed by atoms with Gasteiger partial charge in [0.05, 0.1) is 18.6 Å². The van der Waals surface area contributed by atoms with Crippen LogP contribution in [0.4, 0.5) is 4.79 Å². The summed E-state index contributed by atoms with van der Waals surface area (Å²) in [6.45, 7) is 6.38. The number of nitrogens with two attached hydrogens (primary N) is 1. The van der Waals surface area contributed by atoms with Gasteiger partial charge >= 0.3 is 6.09 Å². The molecule has 2 saturated heterocycles. The molecule has 124 valence electrons. The second-order valence-electron chi connectivity index (χ2n) is 7.03. The van der Waals surface area contributed by atoms with Crippen LogP contribution in [0.5, 0.6) is 0 Å². The number of piperazine rings is 1. The van der Waals surface area contributed by atoms with Gasteiger partial charge in [0.25, 0.3) is 0 Å². The van der Waals surface area contributed by atoms with Crippen LogP contribution in [0.3, 0.4) is 0 Å². The average molecular weight is 312 g/mol. The highest BCUT2D eigenvalue weighted by atomic mass is 16.4. The zero-order valence-electron chi connectivity index (χ0n) is 13.2. The first-order chi connectivity index (χ1) is 10.1. The predicted octanol–water partition coefficient (Wildman–Crippen LogP) is -0.561. The second kappa shape index (κ2) is 5.75. The van der Waals surface area contributed by atoms with Crippen LogP contribution in [0.25, 0.3) is 0 Å². The van der Waals surface area contributed by atoms with Crippen LogP contribution in [0.1, 0.15) is 27.2 Å². The Balaban J connectivity index is 2.09. The summed E-state index contributed by atoms with van der Waals surface area (Å²) in [7, 11) is 0. The number of nitrogens with one attached hydrogen (secondary N) is 1. The summed E-state index contributed by atoms with van der Waals surface area (Å²) in [5.74, 6) is -0.321. The van der Waals surface area contributed by atoms with Crippen molar-refractivity contribution in [3.8, 4) is 0 Å². The molecule has 2 heterocycles. The third kappa shape index (κ3) is 3.01. The SMILES string of the molecule is CC(C)(C)[C@H](NC(=O)O)C(=O)N1C[C@@H]2C[C@H]1CN2C(=O)CN. The van der Waals surface area contributed by atoms with Crippen molar-refractivity contribution < 1.29 is 19.5 Å². The molecule has 0 spiro atoms. The molecule has 8 heteroatoms. The smallest absolute Gasteiger partial charge is 0.405 e. The van der Waals surface area contributed by atoms with Crippen molar-refractivity contribution in [3.05, 3.63) is 0 Å². The minimum Gasteiger partial charge on any atom is -0.465 e. The van der Waals surface area contributed by atoms with E-state index in [4.69, 9.17) is 10.8 Å². The van der Waals surface area contributed by atoms with Gasteiger partial charge in [0.15, 0.2) is 0 Å². The van der Waals surface area contributed by atoms with Gasteiger partial charge in [-0.05, 0) is 11.8 Å². The van der Waals surface area contributed by atoms with E-state index in [0.717, 1.165) is 6.42 Å². The van der Waals surface area contributed by atoms with Crippen molar-refractivity contribution in [3.63, 3.8) is 0 Å². The van der Waals surface area contributed by atoms with Gasteiger partial charge in [-0.2, -0.15) is 0 Å². The molecule has 2 aliphatic rings. The molecule has 2 aliphatic heterocycles. The molecule has 0 aliphatic carbocycles. The number of carboxylic acid groups (broad SMARTS) is 1. The number of carbonyl (C=O) groups excluding carboxylic acids is 2. The second-order valence-corrected chi connectivity index (χ2v) is 7.03. The van der Waals surface area contributed by atoms with Crippen LogP contribution in [-0.4, -0.2) is 70.6 Å². The Bertz CT molecular complexity index is 488. The summed E-state index contributed by atoms with van der Waals surface area (Å²) >= 11 is 0. The van der Waals surface area contributed by atoms with Gasteiger partial charge in [-0.15, -0.1) is 0 Å². The van der Waals surface area contributed by atoms with E-state index in [1.54, 1.807) is 9.80 Å². The van der Waals surface area contributed by atoms with Crippen LogP contribution in [-0.2, 0) is 9.59 Å². The van der Waals surface area contributed by atoms with Crippen LogP contribution < -0.4 is 11.1 Å². The minimum absolute atomic E-state index is 0.00422. The number of fused-ring (bicyclic) bond motifs is 2. The third-order valence-electron chi connectivity index (χ3n) is 4.40. The molecule has 0 saturated carbocycles. The molecule has 3 atom stereocenters. The highest BCUT2D eigenvalue weighted by Crippen LogP contribution is 2.33. The highest BCUT2D eigenvalue weighted by molar-refractivity contribution is 5.87. The third-order valence-corrected chi connectivity index (χ3v) is 4.40. The molecule has 2 bridgehead atoms. The van der Waals surface area contributed by atoms with Gasteiger partial charge in [-0.1, -0.05) is 20.8 Å². The van der Waals surface area contributed by atoms with Crippen molar-refractivity contribution >= 4 is 17.9 Å². The van der Waals surface area contributed by atoms with E-state index in [1.165, 1.54) is 0 Å². The molecule has 8 nitrogen and oxygen atoms in total. The molecule has 0 aromatic carbocycles. The lowest BCUT2D eigenvalue weighted by Crippen LogP contribution is -2.59. The molecule has 22 heavy (non-hydrogen) atoms. The van der Waals surface area contributed by atoms with E-state index in [0.29, 0.717) is 13.1 Å². The van der Waals surface area contributed by atoms with E-state index < -0.39 is 17.6 Å². The summed E-state index contributed by atoms with van der Waals surface area (Å²) in [6, 6.07) is -0.855.